The Hall–Kier alpha value is -4.00. The Kier molecular flexibility index (Phi) is 9.20. The molecule has 3 heterocycles. The lowest BCUT2D eigenvalue weighted by atomic mass is 9.97. The molecule has 10 atom stereocenters. The van der Waals surface area contributed by atoms with E-state index in [4.69, 9.17) is 28.1 Å². The van der Waals surface area contributed by atoms with Gasteiger partial charge in [-0.1, -0.05) is 0 Å². The summed E-state index contributed by atoms with van der Waals surface area (Å²) >= 11 is 0. The lowest BCUT2D eigenvalue weighted by Crippen LogP contribution is -2.64. The molecule has 2 aliphatic rings. The van der Waals surface area contributed by atoms with Crippen molar-refractivity contribution in [1.82, 2.24) is 0 Å². The molecule has 0 bridgehead atoms. The molecule has 5 rings (SSSR count). The zero-order chi connectivity index (χ0) is 32.7. The summed E-state index contributed by atoms with van der Waals surface area (Å²) in [6.07, 6.45) is -16.2. The smallest absolute Gasteiger partial charge is 0.302 e. The average Bonchev–Trinajstić information content (AvgIpc) is 2.98. The molecule has 244 valence electrons. The molecule has 45 heavy (non-hydrogen) atoms. The molecule has 16 heteroatoms. The van der Waals surface area contributed by atoms with Gasteiger partial charge < -0.3 is 69.0 Å². The lowest BCUT2D eigenvalue weighted by molar-refractivity contribution is -0.349. The number of phenols is 3. The number of esters is 1. The molecule has 2 saturated heterocycles. The number of ether oxygens (including phenoxy) is 5. The Morgan fingerprint density at radius 1 is 0.844 bits per heavy atom. The maximum atomic E-state index is 13.6. The van der Waals surface area contributed by atoms with Gasteiger partial charge in [0, 0.05) is 24.6 Å². The van der Waals surface area contributed by atoms with Crippen LogP contribution in [0.3, 0.4) is 0 Å². The molecule has 0 spiro atoms. The van der Waals surface area contributed by atoms with Crippen LogP contribution in [-0.4, -0.2) is 115 Å². The minimum Gasteiger partial charge on any atom is -0.508 e. The van der Waals surface area contributed by atoms with Gasteiger partial charge in [0.25, 0.3) is 0 Å². The van der Waals surface area contributed by atoms with Gasteiger partial charge >= 0.3 is 5.97 Å². The predicted octanol–water partition coefficient (Wildman–Crippen LogP) is -0.822. The summed E-state index contributed by atoms with van der Waals surface area (Å²) in [7, 11) is 0. The first-order valence-electron chi connectivity index (χ1n) is 13.8. The Bertz CT molecular complexity index is 1590. The van der Waals surface area contributed by atoms with Crippen LogP contribution in [0, 0.1) is 0 Å². The second-order valence-electron chi connectivity index (χ2n) is 10.7. The Morgan fingerprint density at radius 2 is 1.51 bits per heavy atom. The first-order valence-corrected chi connectivity index (χ1v) is 13.8. The SMILES string of the molecule is CC(=O)OCC1OC(OC2C(C)OC(Oc3c(-c4ccc(O)cc4)oc4cc(O)cc(O)c4c3=O)C(O)C2O)C(O)C(O)C1O. The summed E-state index contributed by atoms with van der Waals surface area (Å²) in [6, 6.07) is 7.40. The average molecular weight is 637 g/mol. The molecule has 3 aromatic rings. The van der Waals surface area contributed by atoms with Crippen molar-refractivity contribution in [3.05, 3.63) is 46.6 Å². The number of carbonyl (C=O) groups excluding carboxylic acids is 1. The summed E-state index contributed by atoms with van der Waals surface area (Å²) in [5, 5.41) is 82.6. The van der Waals surface area contributed by atoms with Gasteiger partial charge in [0.15, 0.2) is 12.1 Å². The van der Waals surface area contributed by atoms with Crippen LogP contribution in [0.4, 0.5) is 0 Å². The summed E-state index contributed by atoms with van der Waals surface area (Å²) < 4.78 is 33.3. The quantitative estimate of drug-likeness (QED) is 0.147. The summed E-state index contributed by atoms with van der Waals surface area (Å²) in [5.41, 5.74) is -0.902. The highest BCUT2D eigenvalue weighted by Gasteiger charge is 2.50. The van der Waals surface area contributed by atoms with Crippen molar-refractivity contribution in [3.63, 3.8) is 0 Å². The fraction of sp³-hybridized carbons (Fsp3) is 0.448. The number of aliphatic hydroxyl groups excluding tert-OH is 5. The fourth-order valence-corrected chi connectivity index (χ4v) is 5.11. The Labute approximate surface area is 253 Å². The summed E-state index contributed by atoms with van der Waals surface area (Å²) in [4.78, 5) is 24.8. The minimum absolute atomic E-state index is 0.0968. The van der Waals surface area contributed by atoms with E-state index in [9.17, 15) is 50.4 Å². The van der Waals surface area contributed by atoms with Crippen LogP contribution in [0.5, 0.6) is 23.0 Å². The summed E-state index contributed by atoms with van der Waals surface area (Å²) in [5.74, 6) is -2.58. The number of aliphatic hydroxyl groups is 5. The number of hydrogen-bond acceptors (Lipinski definition) is 16. The third kappa shape index (κ3) is 6.40. The topological polar surface area (TPSA) is 255 Å². The van der Waals surface area contributed by atoms with Crippen LogP contribution in [0.25, 0.3) is 22.3 Å². The van der Waals surface area contributed by atoms with Crippen LogP contribution >= 0.6 is 0 Å². The number of phenolic OH excluding ortho intramolecular Hbond substituents is 3. The normalized spacial score (nSPS) is 31.9. The van der Waals surface area contributed by atoms with Gasteiger partial charge in [0.2, 0.25) is 17.5 Å². The highest BCUT2D eigenvalue weighted by atomic mass is 16.7. The summed E-state index contributed by atoms with van der Waals surface area (Å²) in [6.45, 7) is 2.05. The van der Waals surface area contributed by atoms with Gasteiger partial charge in [0.1, 0.15) is 77.6 Å². The number of rotatable bonds is 7. The van der Waals surface area contributed by atoms with Crippen molar-refractivity contribution in [3.8, 4) is 34.3 Å². The van der Waals surface area contributed by atoms with Crippen molar-refractivity contribution in [2.24, 2.45) is 0 Å². The van der Waals surface area contributed by atoms with Crippen molar-refractivity contribution in [1.29, 1.82) is 0 Å². The van der Waals surface area contributed by atoms with Gasteiger partial charge in [-0.2, -0.15) is 0 Å². The van der Waals surface area contributed by atoms with Gasteiger partial charge in [-0.3, -0.25) is 9.59 Å². The van der Waals surface area contributed by atoms with E-state index in [1.807, 2.05) is 0 Å². The van der Waals surface area contributed by atoms with Gasteiger partial charge in [-0.15, -0.1) is 0 Å². The van der Waals surface area contributed by atoms with Crippen molar-refractivity contribution < 1.29 is 73.7 Å². The van der Waals surface area contributed by atoms with Crippen LogP contribution in [0.1, 0.15) is 13.8 Å². The monoisotopic (exact) mass is 636 g/mol. The second kappa shape index (κ2) is 12.8. The van der Waals surface area contributed by atoms with E-state index in [-0.39, 0.29) is 28.0 Å². The maximum Gasteiger partial charge on any atom is 0.302 e. The molecule has 8 N–H and O–H groups in total. The fourth-order valence-electron chi connectivity index (χ4n) is 5.11. The highest BCUT2D eigenvalue weighted by molar-refractivity contribution is 5.88. The molecule has 0 saturated carbocycles. The van der Waals surface area contributed by atoms with Gasteiger partial charge in [-0.05, 0) is 31.2 Å². The zero-order valence-corrected chi connectivity index (χ0v) is 23.8. The number of hydrogen-bond donors (Lipinski definition) is 8. The van der Waals surface area contributed by atoms with E-state index in [1.54, 1.807) is 0 Å². The van der Waals surface area contributed by atoms with Crippen molar-refractivity contribution in [2.45, 2.75) is 75.3 Å². The van der Waals surface area contributed by atoms with E-state index in [0.29, 0.717) is 0 Å². The molecule has 16 nitrogen and oxygen atoms in total. The lowest BCUT2D eigenvalue weighted by Gasteiger charge is -2.45. The van der Waals surface area contributed by atoms with E-state index in [2.05, 4.69) is 0 Å². The Balaban J connectivity index is 1.41. The van der Waals surface area contributed by atoms with Crippen molar-refractivity contribution >= 4 is 16.9 Å². The van der Waals surface area contributed by atoms with E-state index in [1.165, 1.54) is 31.2 Å². The largest absolute Gasteiger partial charge is 0.508 e. The van der Waals surface area contributed by atoms with Crippen LogP contribution in [0.2, 0.25) is 0 Å². The molecule has 2 aromatic carbocycles. The van der Waals surface area contributed by atoms with Crippen molar-refractivity contribution in [2.75, 3.05) is 6.61 Å². The maximum absolute atomic E-state index is 13.6. The molecule has 10 unspecified atom stereocenters. The number of carbonyl (C=O) groups is 1. The third-order valence-electron chi connectivity index (χ3n) is 7.47. The van der Waals surface area contributed by atoms with Gasteiger partial charge in [-0.25, -0.2) is 0 Å². The first kappa shape index (κ1) is 32.4. The number of aromatic hydroxyl groups is 3. The Morgan fingerprint density at radius 3 is 2.18 bits per heavy atom. The number of benzene rings is 2. The van der Waals surface area contributed by atoms with Crippen LogP contribution in [0.15, 0.2) is 45.6 Å². The van der Waals surface area contributed by atoms with Crippen LogP contribution < -0.4 is 10.2 Å². The molecule has 0 aliphatic carbocycles. The van der Waals surface area contributed by atoms with E-state index >= 15 is 0 Å². The minimum atomic E-state index is -1.91. The molecular formula is C29H32O16. The molecular weight excluding hydrogens is 604 g/mol. The van der Waals surface area contributed by atoms with E-state index in [0.717, 1.165) is 19.1 Å². The molecule has 0 radical (unpaired) electrons. The third-order valence-corrected chi connectivity index (χ3v) is 7.47. The van der Waals surface area contributed by atoms with E-state index < -0.39 is 96.7 Å². The highest BCUT2D eigenvalue weighted by Crippen LogP contribution is 2.38. The molecule has 1 aromatic heterocycles. The number of fused-ring (bicyclic) bond motifs is 1. The molecule has 2 fully saturated rings. The molecule has 2 aliphatic heterocycles. The second-order valence-corrected chi connectivity index (χ2v) is 10.7. The first-order chi connectivity index (χ1) is 21.3. The zero-order valence-electron chi connectivity index (χ0n) is 23.8. The van der Waals surface area contributed by atoms with Gasteiger partial charge in [0.05, 0.1) is 6.10 Å². The standard InChI is InChI=1S/C29H32O16/c1-10-25(44-29-23(38)21(36)19(34)17(43-29)9-40-11(2)30)22(37)24(39)28(41-10)45-27-20(35)18-15(33)7-14(32)8-16(18)42-26(27)12-3-5-13(31)6-4-12/h3-8,10,17,19,21-25,28-29,31-34,36-39H,9H2,1-2H3. The predicted molar refractivity (Wildman–Crippen MR) is 148 cm³/mol. The van der Waals surface area contributed by atoms with Crippen LogP contribution in [-0.2, 0) is 23.7 Å². The molecule has 0 amide bonds.